The fraction of sp³-hybridized carbons (Fsp3) is 0.562. The number of H-pyrrole nitrogens is 1. The number of unbranched alkanes of at least 4 members (excludes halogenated alkanes) is 1. The van der Waals surface area contributed by atoms with Crippen LogP contribution in [0, 0.1) is 6.92 Å². The van der Waals surface area contributed by atoms with Crippen molar-refractivity contribution in [3.8, 4) is 0 Å². The number of carboxylic acid groups (broad SMARTS) is 1. The number of carbonyl (C=O) groups excluding carboxylic acids is 2. The summed E-state index contributed by atoms with van der Waals surface area (Å²) in [6.07, 6.45) is 1.96. The van der Waals surface area contributed by atoms with Crippen LogP contribution in [0.5, 0.6) is 0 Å². The van der Waals surface area contributed by atoms with Crippen LogP contribution < -0.4 is 27.6 Å². The van der Waals surface area contributed by atoms with E-state index in [0.717, 1.165) is 0 Å². The number of hydrogen-bond donors (Lipinski definition) is 5. The summed E-state index contributed by atoms with van der Waals surface area (Å²) in [5.74, 6) is -1.22. The third-order valence-electron chi connectivity index (χ3n) is 3.77. The van der Waals surface area contributed by atoms with Crippen molar-refractivity contribution in [1.82, 2.24) is 20.2 Å². The van der Waals surface area contributed by atoms with E-state index in [1.54, 1.807) is 6.92 Å². The first-order valence-corrected chi connectivity index (χ1v) is 8.70. The summed E-state index contributed by atoms with van der Waals surface area (Å²) in [5, 5.41) is 13.7. The second kappa shape index (κ2) is 11.4. The van der Waals surface area contributed by atoms with Gasteiger partial charge in [-0.2, -0.15) is 0 Å². The lowest BCUT2D eigenvalue weighted by Gasteiger charge is -2.14. The van der Waals surface area contributed by atoms with Crippen molar-refractivity contribution in [2.75, 3.05) is 13.2 Å². The summed E-state index contributed by atoms with van der Waals surface area (Å²) in [5.41, 5.74) is 4.37. The number of aromatic amines is 1. The average molecular weight is 399 g/mol. The second-order valence-corrected chi connectivity index (χ2v) is 6.08. The number of aryl methyl sites for hydroxylation is 2. The highest BCUT2D eigenvalue weighted by molar-refractivity contribution is 5.79. The summed E-state index contributed by atoms with van der Waals surface area (Å²) < 4.78 is 6.29. The molecule has 12 nitrogen and oxygen atoms in total. The predicted octanol–water partition coefficient (Wildman–Crippen LogP) is -0.747. The average Bonchev–Trinajstić information content (AvgIpc) is 2.61. The smallest absolute Gasteiger partial charge is 0.407 e. The van der Waals surface area contributed by atoms with E-state index in [1.807, 2.05) is 0 Å². The van der Waals surface area contributed by atoms with E-state index >= 15 is 0 Å². The van der Waals surface area contributed by atoms with Gasteiger partial charge in [-0.1, -0.05) is 0 Å². The number of nitrogens with one attached hydrogen (secondary N) is 3. The van der Waals surface area contributed by atoms with Crippen molar-refractivity contribution in [3.05, 3.63) is 32.6 Å². The van der Waals surface area contributed by atoms with Gasteiger partial charge < -0.3 is 30.8 Å². The summed E-state index contributed by atoms with van der Waals surface area (Å²) in [6, 6.07) is -1.86. The van der Waals surface area contributed by atoms with Crippen molar-refractivity contribution in [2.24, 2.45) is 5.73 Å². The molecule has 0 fully saturated rings. The molecule has 0 spiro atoms. The molecule has 1 heterocycles. The number of carboxylic acids is 1. The zero-order valence-electron chi connectivity index (χ0n) is 15.5. The Morgan fingerprint density at radius 2 is 2.00 bits per heavy atom. The Kier molecular flexibility index (Phi) is 9.27. The number of nitrogens with two attached hydrogens (primary N) is 1. The van der Waals surface area contributed by atoms with Crippen LogP contribution in [0.1, 0.15) is 31.2 Å². The molecule has 28 heavy (non-hydrogen) atoms. The minimum atomic E-state index is -1.22. The van der Waals surface area contributed by atoms with Gasteiger partial charge in [0.15, 0.2) is 0 Å². The number of urea groups is 1. The number of primary amides is 1. The number of aromatic nitrogens is 2. The Hall–Kier alpha value is -3.31. The van der Waals surface area contributed by atoms with E-state index in [9.17, 15) is 24.0 Å². The standard InChI is InChI=1S/C16H25N5O7/c1-10-9-21(15(26)20-12(10)22)7-2-3-8-28-16(27)19-11(13(23)24)5-4-6-18-14(17)25/h9,11H,2-8H2,1H3,(H,19,27)(H,23,24)(H3,17,18,25)(H,20,22,26)/t11-/m0/s1. The maximum absolute atomic E-state index is 11.7. The van der Waals surface area contributed by atoms with Crippen molar-refractivity contribution in [2.45, 2.75) is 45.2 Å². The van der Waals surface area contributed by atoms with Gasteiger partial charge in [-0.3, -0.25) is 9.78 Å². The van der Waals surface area contributed by atoms with Crippen LogP contribution in [0.2, 0.25) is 0 Å². The topological polar surface area (TPSA) is 186 Å². The third kappa shape index (κ3) is 8.38. The lowest BCUT2D eigenvalue weighted by atomic mass is 10.1. The fourth-order valence-electron chi connectivity index (χ4n) is 2.29. The maximum atomic E-state index is 11.7. The van der Waals surface area contributed by atoms with Crippen LogP contribution in [0.4, 0.5) is 9.59 Å². The summed E-state index contributed by atoms with van der Waals surface area (Å²) >= 11 is 0. The Bertz CT molecular complexity index is 801. The van der Waals surface area contributed by atoms with E-state index in [0.29, 0.717) is 31.4 Å². The summed E-state index contributed by atoms with van der Waals surface area (Å²) in [6.45, 7) is 2.16. The van der Waals surface area contributed by atoms with E-state index in [-0.39, 0.29) is 19.6 Å². The number of hydrogen-bond acceptors (Lipinski definition) is 6. The van der Waals surface area contributed by atoms with Gasteiger partial charge in [-0.25, -0.2) is 19.2 Å². The molecule has 0 saturated carbocycles. The summed E-state index contributed by atoms with van der Waals surface area (Å²) in [7, 11) is 0. The molecule has 0 saturated heterocycles. The molecule has 1 atom stereocenters. The van der Waals surface area contributed by atoms with Gasteiger partial charge in [0.25, 0.3) is 5.56 Å². The first-order chi connectivity index (χ1) is 13.2. The summed E-state index contributed by atoms with van der Waals surface area (Å²) in [4.78, 5) is 58.5. The van der Waals surface area contributed by atoms with Crippen LogP contribution in [0.25, 0.3) is 0 Å². The predicted molar refractivity (Wildman–Crippen MR) is 98.0 cm³/mol. The van der Waals surface area contributed by atoms with Crippen molar-refractivity contribution in [1.29, 1.82) is 0 Å². The molecule has 0 aliphatic rings. The Labute approximate surface area is 160 Å². The molecule has 156 valence electrons. The second-order valence-electron chi connectivity index (χ2n) is 6.08. The van der Waals surface area contributed by atoms with Gasteiger partial charge in [-0.05, 0) is 32.6 Å². The minimum Gasteiger partial charge on any atom is -0.480 e. The molecule has 1 aromatic heterocycles. The zero-order chi connectivity index (χ0) is 21.1. The Balaban J connectivity index is 2.30. The Morgan fingerprint density at radius 1 is 1.29 bits per heavy atom. The Morgan fingerprint density at radius 3 is 2.64 bits per heavy atom. The SMILES string of the molecule is Cc1cn(CCCCOC(=O)N[C@@H](CCCNC(N)=O)C(=O)O)c(=O)[nH]c1=O. The molecule has 0 aromatic carbocycles. The molecule has 3 amide bonds. The largest absolute Gasteiger partial charge is 0.480 e. The number of ether oxygens (including phenoxy) is 1. The van der Waals surface area contributed by atoms with Gasteiger partial charge in [-0.15, -0.1) is 0 Å². The molecule has 0 bridgehead atoms. The molecule has 6 N–H and O–H groups in total. The fourth-order valence-corrected chi connectivity index (χ4v) is 2.29. The van der Waals surface area contributed by atoms with Gasteiger partial charge in [0, 0.05) is 24.8 Å². The molecule has 1 aromatic rings. The minimum absolute atomic E-state index is 0.0402. The highest BCUT2D eigenvalue weighted by Gasteiger charge is 2.20. The molecule has 0 unspecified atom stereocenters. The monoisotopic (exact) mass is 399 g/mol. The van der Waals surface area contributed by atoms with Crippen LogP contribution in [0.3, 0.4) is 0 Å². The van der Waals surface area contributed by atoms with Crippen molar-refractivity contribution < 1.29 is 24.2 Å². The number of nitrogens with zero attached hydrogens (tertiary/aromatic N) is 1. The lowest BCUT2D eigenvalue weighted by molar-refractivity contribution is -0.139. The number of amides is 3. The van der Waals surface area contributed by atoms with E-state index < -0.39 is 35.4 Å². The maximum Gasteiger partial charge on any atom is 0.407 e. The molecule has 0 aliphatic carbocycles. The quantitative estimate of drug-likeness (QED) is 0.303. The molecule has 0 aliphatic heterocycles. The lowest BCUT2D eigenvalue weighted by Crippen LogP contribution is -2.41. The molecule has 1 rings (SSSR count). The number of carbonyl (C=O) groups is 3. The highest BCUT2D eigenvalue weighted by Crippen LogP contribution is 1.99. The molecular weight excluding hydrogens is 374 g/mol. The van der Waals surface area contributed by atoms with Crippen LogP contribution in [-0.4, -0.2) is 51.9 Å². The number of alkyl carbamates (subject to hydrolysis) is 1. The van der Waals surface area contributed by atoms with E-state index in [1.165, 1.54) is 10.8 Å². The third-order valence-corrected chi connectivity index (χ3v) is 3.77. The molecular formula is C16H25N5O7. The van der Waals surface area contributed by atoms with E-state index in [4.69, 9.17) is 15.6 Å². The van der Waals surface area contributed by atoms with Gasteiger partial charge >= 0.3 is 23.8 Å². The van der Waals surface area contributed by atoms with Gasteiger partial charge in [0.05, 0.1) is 6.61 Å². The normalized spacial score (nSPS) is 11.5. The first-order valence-electron chi connectivity index (χ1n) is 8.70. The van der Waals surface area contributed by atoms with E-state index in [2.05, 4.69) is 15.6 Å². The van der Waals surface area contributed by atoms with Crippen molar-refractivity contribution in [3.63, 3.8) is 0 Å². The van der Waals surface area contributed by atoms with Crippen LogP contribution in [-0.2, 0) is 16.1 Å². The van der Waals surface area contributed by atoms with Gasteiger partial charge in [0.1, 0.15) is 6.04 Å². The number of aliphatic carboxylic acids is 1. The van der Waals surface area contributed by atoms with Gasteiger partial charge in [0.2, 0.25) is 0 Å². The highest BCUT2D eigenvalue weighted by atomic mass is 16.5. The zero-order valence-corrected chi connectivity index (χ0v) is 15.5. The number of rotatable bonds is 11. The molecule has 0 radical (unpaired) electrons. The van der Waals surface area contributed by atoms with Crippen LogP contribution in [0.15, 0.2) is 15.8 Å². The molecule has 12 heteroatoms. The van der Waals surface area contributed by atoms with Crippen LogP contribution >= 0.6 is 0 Å². The first kappa shape index (κ1) is 22.7. The van der Waals surface area contributed by atoms with Crippen molar-refractivity contribution >= 4 is 18.1 Å².